The molecule has 2 aromatic rings. The SMILES string of the molecule is COc1cc(C)cc2cc(OB(O)O)sc12. The summed E-state index contributed by atoms with van der Waals surface area (Å²) >= 11 is 1.32. The van der Waals surface area contributed by atoms with Crippen molar-refractivity contribution in [3.63, 3.8) is 0 Å². The minimum absolute atomic E-state index is 0.453. The van der Waals surface area contributed by atoms with Crippen LogP contribution < -0.4 is 9.39 Å². The Bertz CT molecular complexity index is 509. The molecule has 16 heavy (non-hydrogen) atoms. The normalized spacial score (nSPS) is 10.5. The van der Waals surface area contributed by atoms with Crippen LogP contribution in [0.3, 0.4) is 0 Å². The van der Waals surface area contributed by atoms with Crippen LogP contribution in [0.5, 0.6) is 10.8 Å². The molecule has 4 nitrogen and oxygen atoms in total. The first-order valence-electron chi connectivity index (χ1n) is 4.71. The van der Waals surface area contributed by atoms with Gasteiger partial charge in [0.15, 0.2) is 5.06 Å². The van der Waals surface area contributed by atoms with Crippen LogP contribution in [0, 0.1) is 6.92 Å². The Labute approximate surface area is 97.2 Å². The van der Waals surface area contributed by atoms with E-state index in [0.717, 1.165) is 21.4 Å². The van der Waals surface area contributed by atoms with Gasteiger partial charge in [-0.15, -0.1) is 0 Å². The summed E-state index contributed by atoms with van der Waals surface area (Å²) in [4.78, 5) is 0. The van der Waals surface area contributed by atoms with Crippen molar-refractivity contribution in [1.29, 1.82) is 0 Å². The highest BCUT2D eigenvalue weighted by Crippen LogP contribution is 2.38. The first-order chi connectivity index (χ1) is 7.60. The van der Waals surface area contributed by atoms with Gasteiger partial charge in [0.05, 0.1) is 11.8 Å². The maximum Gasteiger partial charge on any atom is 0.708 e. The van der Waals surface area contributed by atoms with E-state index >= 15 is 0 Å². The van der Waals surface area contributed by atoms with Gasteiger partial charge in [-0.1, -0.05) is 17.4 Å². The van der Waals surface area contributed by atoms with Crippen LogP contribution in [0.4, 0.5) is 0 Å². The molecule has 0 radical (unpaired) electrons. The summed E-state index contributed by atoms with van der Waals surface area (Å²) in [5, 5.41) is 18.9. The minimum Gasteiger partial charge on any atom is -0.504 e. The number of benzene rings is 1. The molecule has 0 aliphatic heterocycles. The first kappa shape index (κ1) is 11.3. The van der Waals surface area contributed by atoms with Crippen LogP contribution in [-0.4, -0.2) is 24.5 Å². The smallest absolute Gasteiger partial charge is 0.504 e. The molecule has 0 saturated heterocycles. The molecule has 0 atom stereocenters. The number of ether oxygens (including phenoxy) is 1. The molecular formula is C10H11BO4S. The Balaban J connectivity index is 2.51. The fourth-order valence-corrected chi connectivity index (χ4v) is 2.55. The number of methoxy groups -OCH3 is 1. The molecule has 0 bridgehead atoms. The summed E-state index contributed by atoms with van der Waals surface area (Å²) < 4.78 is 11.0. The van der Waals surface area contributed by atoms with Gasteiger partial charge >= 0.3 is 7.32 Å². The van der Waals surface area contributed by atoms with Crippen molar-refractivity contribution in [2.24, 2.45) is 0 Å². The van der Waals surface area contributed by atoms with E-state index in [-0.39, 0.29) is 0 Å². The Morgan fingerprint density at radius 1 is 1.25 bits per heavy atom. The minimum atomic E-state index is -1.79. The lowest BCUT2D eigenvalue weighted by atomic mass is 10.2. The third-order valence-electron chi connectivity index (χ3n) is 2.15. The average molecular weight is 238 g/mol. The molecule has 0 spiro atoms. The monoisotopic (exact) mass is 238 g/mol. The molecule has 1 aromatic carbocycles. The predicted molar refractivity (Wildman–Crippen MR) is 63.9 cm³/mol. The van der Waals surface area contributed by atoms with Crippen LogP contribution in [0.2, 0.25) is 0 Å². The van der Waals surface area contributed by atoms with E-state index in [4.69, 9.17) is 19.4 Å². The van der Waals surface area contributed by atoms with Crippen molar-refractivity contribution in [3.05, 3.63) is 23.8 Å². The molecule has 6 heteroatoms. The fourth-order valence-electron chi connectivity index (χ4n) is 1.55. The first-order valence-corrected chi connectivity index (χ1v) is 5.53. The van der Waals surface area contributed by atoms with Crippen molar-refractivity contribution in [1.82, 2.24) is 0 Å². The molecule has 0 unspecified atom stereocenters. The second kappa shape index (κ2) is 4.33. The van der Waals surface area contributed by atoms with Gasteiger partial charge in [0.2, 0.25) is 0 Å². The number of hydrogen-bond acceptors (Lipinski definition) is 5. The van der Waals surface area contributed by atoms with Gasteiger partial charge in [-0.3, -0.25) is 0 Å². The third-order valence-corrected chi connectivity index (χ3v) is 3.20. The zero-order chi connectivity index (χ0) is 11.7. The molecule has 1 aromatic heterocycles. The largest absolute Gasteiger partial charge is 0.708 e. The maximum absolute atomic E-state index is 8.72. The maximum atomic E-state index is 8.72. The molecule has 0 fully saturated rings. The molecular weight excluding hydrogens is 227 g/mol. The summed E-state index contributed by atoms with van der Waals surface area (Å²) in [6.45, 7) is 1.97. The summed E-state index contributed by atoms with van der Waals surface area (Å²) in [6, 6.07) is 5.68. The van der Waals surface area contributed by atoms with Gasteiger partial charge in [0, 0.05) is 5.39 Å². The van der Waals surface area contributed by atoms with Crippen LogP contribution in [0.15, 0.2) is 18.2 Å². The van der Waals surface area contributed by atoms with Crippen molar-refractivity contribution in [2.45, 2.75) is 6.92 Å². The molecule has 1 heterocycles. The number of rotatable bonds is 3. The van der Waals surface area contributed by atoms with E-state index in [1.165, 1.54) is 11.3 Å². The Morgan fingerprint density at radius 3 is 2.62 bits per heavy atom. The second-order valence-corrected chi connectivity index (χ2v) is 4.41. The van der Waals surface area contributed by atoms with E-state index in [1.54, 1.807) is 13.2 Å². The Hall–Kier alpha value is -1.24. The van der Waals surface area contributed by atoms with Crippen molar-refractivity contribution < 1.29 is 19.4 Å². The topological polar surface area (TPSA) is 58.9 Å². The van der Waals surface area contributed by atoms with Gasteiger partial charge in [0.25, 0.3) is 0 Å². The zero-order valence-corrected chi connectivity index (χ0v) is 9.75. The lowest BCUT2D eigenvalue weighted by Crippen LogP contribution is -2.19. The van der Waals surface area contributed by atoms with Crippen LogP contribution >= 0.6 is 11.3 Å². The summed E-state index contributed by atoms with van der Waals surface area (Å²) in [6.07, 6.45) is 0. The molecule has 2 rings (SSSR count). The number of aryl methyl sites for hydroxylation is 1. The molecule has 0 saturated carbocycles. The van der Waals surface area contributed by atoms with Gasteiger partial charge in [0.1, 0.15) is 5.75 Å². The van der Waals surface area contributed by atoms with E-state index in [9.17, 15) is 0 Å². The molecule has 0 aliphatic rings. The zero-order valence-electron chi connectivity index (χ0n) is 8.93. The summed E-state index contributed by atoms with van der Waals surface area (Å²) in [5.74, 6) is 0.766. The highest BCUT2D eigenvalue weighted by atomic mass is 32.1. The molecule has 0 aliphatic carbocycles. The predicted octanol–water partition coefficient (Wildman–Crippen LogP) is 1.57. The fraction of sp³-hybridized carbons (Fsp3) is 0.200. The van der Waals surface area contributed by atoms with Crippen molar-refractivity contribution in [3.8, 4) is 10.8 Å². The van der Waals surface area contributed by atoms with Gasteiger partial charge < -0.3 is 19.4 Å². The molecule has 84 valence electrons. The van der Waals surface area contributed by atoms with Gasteiger partial charge in [-0.05, 0) is 24.6 Å². The van der Waals surface area contributed by atoms with E-state index in [2.05, 4.69) is 0 Å². The number of thiophene rings is 1. The lowest BCUT2D eigenvalue weighted by Gasteiger charge is -2.02. The van der Waals surface area contributed by atoms with E-state index in [0.29, 0.717) is 5.06 Å². The van der Waals surface area contributed by atoms with Crippen LogP contribution in [-0.2, 0) is 0 Å². The highest BCUT2D eigenvalue weighted by molar-refractivity contribution is 7.21. The third kappa shape index (κ3) is 2.14. The number of fused-ring (bicyclic) bond motifs is 1. The van der Waals surface area contributed by atoms with Gasteiger partial charge in [-0.25, -0.2) is 0 Å². The second-order valence-electron chi connectivity index (χ2n) is 3.40. The standard InChI is InChI=1S/C10H11BO4S/c1-6-3-7-5-9(15-11(12)13)16-10(7)8(4-6)14-2/h3-5,12-13H,1-2H3. The van der Waals surface area contributed by atoms with Gasteiger partial charge in [-0.2, -0.15) is 0 Å². The van der Waals surface area contributed by atoms with E-state index < -0.39 is 7.32 Å². The van der Waals surface area contributed by atoms with Crippen molar-refractivity contribution >= 4 is 28.7 Å². The van der Waals surface area contributed by atoms with Crippen LogP contribution in [0.25, 0.3) is 10.1 Å². The molecule has 0 amide bonds. The van der Waals surface area contributed by atoms with Crippen LogP contribution in [0.1, 0.15) is 5.56 Å². The van der Waals surface area contributed by atoms with E-state index in [1.807, 2.05) is 19.1 Å². The Morgan fingerprint density at radius 2 is 2.00 bits per heavy atom. The number of hydrogen-bond donors (Lipinski definition) is 2. The quantitative estimate of drug-likeness (QED) is 0.796. The molecule has 2 N–H and O–H groups in total. The Kier molecular flexibility index (Phi) is 3.04. The summed E-state index contributed by atoms with van der Waals surface area (Å²) in [7, 11) is -0.185. The summed E-state index contributed by atoms with van der Waals surface area (Å²) in [5.41, 5.74) is 1.08. The lowest BCUT2D eigenvalue weighted by molar-refractivity contribution is 0.292. The van der Waals surface area contributed by atoms with Crippen molar-refractivity contribution in [2.75, 3.05) is 7.11 Å². The average Bonchev–Trinajstić information content (AvgIpc) is 2.57. The highest BCUT2D eigenvalue weighted by Gasteiger charge is 2.15.